The van der Waals surface area contributed by atoms with Crippen LogP contribution in [0.2, 0.25) is 0 Å². The van der Waals surface area contributed by atoms with Gasteiger partial charge < -0.3 is 19.9 Å². The third-order valence-corrected chi connectivity index (χ3v) is 4.15. The number of hydrogen-bond acceptors (Lipinski definition) is 5. The number of piperazine rings is 1. The van der Waals surface area contributed by atoms with Gasteiger partial charge in [-0.25, -0.2) is 4.98 Å². The van der Waals surface area contributed by atoms with Gasteiger partial charge in [-0.1, -0.05) is 0 Å². The molecule has 25 heavy (non-hydrogen) atoms. The van der Waals surface area contributed by atoms with E-state index in [1.165, 1.54) is 0 Å². The van der Waals surface area contributed by atoms with Gasteiger partial charge in [0.25, 0.3) is 5.91 Å². The molecule has 0 unspecified atom stereocenters. The van der Waals surface area contributed by atoms with Crippen molar-refractivity contribution in [3.63, 3.8) is 0 Å². The molecular weight excluding hydrogens is 320 g/mol. The monoisotopic (exact) mass is 340 g/mol. The van der Waals surface area contributed by atoms with Crippen molar-refractivity contribution in [3.8, 4) is 5.75 Å². The van der Waals surface area contributed by atoms with Crippen LogP contribution in [0.5, 0.6) is 5.75 Å². The molecule has 7 nitrogen and oxygen atoms in total. The van der Waals surface area contributed by atoms with Crippen LogP contribution in [0.4, 0.5) is 11.5 Å². The van der Waals surface area contributed by atoms with Gasteiger partial charge in [0.05, 0.1) is 19.0 Å². The molecule has 1 aromatic heterocycles. The van der Waals surface area contributed by atoms with E-state index < -0.39 is 0 Å². The van der Waals surface area contributed by atoms with Crippen molar-refractivity contribution in [2.45, 2.75) is 0 Å². The second kappa shape index (κ2) is 7.65. The van der Waals surface area contributed by atoms with Gasteiger partial charge in [-0.3, -0.25) is 9.59 Å². The molecule has 0 bridgehead atoms. The Kier molecular flexibility index (Phi) is 5.13. The molecule has 0 radical (unpaired) electrons. The summed E-state index contributed by atoms with van der Waals surface area (Å²) in [6.45, 7) is 2.90. The number of anilines is 2. The fourth-order valence-corrected chi connectivity index (χ4v) is 2.65. The summed E-state index contributed by atoms with van der Waals surface area (Å²) in [5, 5.41) is 2.83. The Morgan fingerprint density at radius 3 is 2.40 bits per heavy atom. The molecule has 1 aromatic carbocycles. The minimum atomic E-state index is -0.197. The van der Waals surface area contributed by atoms with Crippen LogP contribution in [0.1, 0.15) is 10.4 Å². The topological polar surface area (TPSA) is 74.8 Å². The number of pyridine rings is 1. The highest BCUT2D eigenvalue weighted by Gasteiger charge is 2.16. The van der Waals surface area contributed by atoms with Crippen molar-refractivity contribution in [2.75, 3.05) is 43.5 Å². The summed E-state index contributed by atoms with van der Waals surface area (Å²) in [5.41, 5.74) is 1.19. The molecule has 1 aliphatic heterocycles. The molecule has 3 rings (SSSR count). The highest BCUT2D eigenvalue weighted by molar-refractivity contribution is 6.04. The molecule has 1 aliphatic rings. The third-order valence-electron chi connectivity index (χ3n) is 4.15. The van der Waals surface area contributed by atoms with Crippen molar-refractivity contribution >= 4 is 23.8 Å². The Morgan fingerprint density at radius 2 is 1.84 bits per heavy atom. The predicted octanol–water partition coefficient (Wildman–Crippen LogP) is 1.62. The molecule has 2 aromatic rings. The van der Waals surface area contributed by atoms with Crippen LogP contribution < -0.4 is 15.0 Å². The number of rotatable bonds is 5. The smallest absolute Gasteiger partial charge is 0.255 e. The number of ether oxygens (including phenoxy) is 1. The van der Waals surface area contributed by atoms with Crippen LogP contribution in [-0.2, 0) is 4.79 Å². The SMILES string of the molecule is COc1ccc(C(=O)Nc2ccc(N3CCN(C=O)CC3)nc2)cc1. The zero-order chi connectivity index (χ0) is 17.6. The first-order valence-corrected chi connectivity index (χ1v) is 8.05. The highest BCUT2D eigenvalue weighted by atomic mass is 16.5. The Morgan fingerprint density at radius 1 is 1.12 bits per heavy atom. The summed E-state index contributed by atoms with van der Waals surface area (Å²) < 4.78 is 5.08. The third kappa shape index (κ3) is 4.06. The van der Waals surface area contributed by atoms with E-state index in [1.54, 1.807) is 42.5 Å². The molecule has 130 valence electrons. The fourth-order valence-electron chi connectivity index (χ4n) is 2.65. The second-order valence-corrected chi connectivity index (χ2v) is 5.72. The molecule has 1 saturated heterocycles. The van der Waals surface area contributed by atoms with Crippen LogP contribution in [0.25, 0.3) is 0 Å². The summed E-state index contributed by atoms with van der Waals surface area (Å²) in [5.74, 6) is 1.35. The van der Waals surface area contributed by atoms with E-state index in [-0.39, 0.29) is 5.91 Å². The molecule has 1 N–H and O–H groups in total. The van der Waals surface area contributed by atoms with E-state index in [2.05, 4.69) is 15.2 Å². The Labute approximate surface area is 146 Å². The largest absolute Gasteiger partial charge is 0.497 e. The summed E-state index contributed by atoms with van der Waals surface area (Å²) in [4.78, 5) is 31.3. The molecule has 1 fully saturated rings. The van der Waals surface area contributed by atoms with Gasteiger partial charge in [0.1, 0.15) is 11.6 Å². The zero-order valence-corrected chi connectivity index (χ0v) is 14.0. The molecule has 0 aliphatic carbocycles. The lowest BCUT2D eigenvalue weighted by Gasteiger charge is -2.33. The maximum absolute atomic E-state index is 12.2. The minimum Gasteiger partial charge on any atom is -0.497 e. The van der Waals surface area contributed by atoms with Gasteiger partial charge in [-0.15, -0.1) is 0 Å². The number of carbonyl (C=O) groups is 2. The van der Waals surface area contributed by atoms with Gasteiger partial charge in [-0.05, 0) is 36.4 Å². The lowest BCUT2D eigenvalue weighted by molar-refractivity contribution is -0.118. The number of methoxy groups -OCH3 is 1. The lowest BCUT2D eigenvalue weighted by Crippen LogP contribution is -2.46. The van der Waals surface area contributed by atoms with Crippen molar-refractivity contribution in [2.24, 2.45) is 0 Å². The van der Waals surface area contributed by atoms with Gasteiger partial charge in [-0.2, -0.15) is 0 Å². The average Bonchev–Trinajstić information content (AvgIpc) is 2.68. The van der Waals surface area contributed by atoms with Crippen molar-refractivity contribution < 1.29 is 14.3 Å². The molecule has 7 heteroatoms. The highest BCUT2D eigenvalue weighted by Crippen LogP contribution is 2.17. The number of benzene rings is 1. The maximum atomic E-state index is 12.2. The van der Waals surface area contributed by atoms with E-state index in [1.807, 2.05) is 12.1 Å². The predicted molar refractivity (Wildman–Crippen MR) is 95.0 cm³/mol. The number of nitrogens with one attached hydrogen (secondary N) is 1. The van der Waals surface area contributed by atoms with E-state index in [4.69, 9.17) is 4.74 Å². The van der Waals surface area contributed by atoms with E-state index >= 15 is 0 Å². The summed E-state index contributed by atoms with van der Waals surface area (Å²) in [7, 11) is 1.58. The van der Waals surface area contributed by atoms with E-state index in [0.717, 1.165) is 25.3 Å². The number of carbonyl (C=O) groups excluding carboxylic acids is 2. The first-order valence-electron chi connectivity index (χ1n) is 8.05. The van der Waals surface area contributed by atoms with Crippen LogP contribution in [0.3, 0.4) is 0 Å². The number of nitrogens with zero attached hydrogens (tertiary/aromatic N) is 3. The quantitative estimate of drug-likeness (QED) is 0.837. The maximum Gasteiger partial charge on any atom is 0.255 e. The fraction of sp³-hybridized carbons (Fsp3) is 0.278. The Hall–Kier alpha value is -3.09. The summed E-state index contributed by atoms with van der Waals surface area (Å²) >= 11 is 0. The zero-order valence-electron chi connectivity index (χ0n) is 14.0. The van der Waals surface area contributed by atoms with Crippen LogP contribution in [-0.4, -0.2) is 55.5 Å². The van der Waals surface area contributed by atoms with Crippen molar-refractivity contribution in [1.29, 1.82) is 0 Å². The molecule has 0 spiro atoms. The van der Waals surface area contributed by atoms with Gasteiger partial charge in [0.15, 0.2) is 0 Å². The van der Waals surface area contributed by atoms with Crippen LogP contribution >= 0.6 is 0 Å². The summed E-state index contributed by atoms with van der Waals surface area (Å²) in [6, 6.07) is 10.6. The van der Waals surface area contributed by atoms with Gasteiger partial charge in [0, 0.05) is 31.7 Å². The number of hydrogen-bond donors (Lipinski definition) is 1. The van der Waals surface area contributed by atoms with Crippen molar-refractivity contribution in [3.05, 3.63) is 48.2 Å². The lowest BCUT2D eigenvalue weighted by atomic mass is 10.2. The first kappa shape index (κ1) is 16.8. The normalized spacial score (nSPS) is 14.1. The summed E-state index contributed by atoms with van der Waals surface area (Å²) in [6.07, 6.45) is 2.52. The van der Waals surface area contributed by atoms with Crippen molar-refractivity contribution in [1.82, 2.24) is 9.88 Å². The number of amides is 2. The molecule has 0 atom stereocenters. The Balaban J connectivity index is 1.60. The van der Waals surface area contributed by atoms with Crippen LogP contribution in [0.15, 0.2) is 42.6 Å². The van der Waals surface area contributed by atoms with Gasteiger partial charge >= 0.3 is 0 Å². The van der Waals surface area contributed by atoms with E-state index in [9.17, 15) is 9.59 Å². The first-order chi connectivity index (χ1) is 12.2. The van der Waals surface area contributed by atoms with Crippen LogP contribution in [0, 0.1) is 0 Å². The molecule has 2 heterocycles. The second-order valence-electron chi connectivity index (χ2n) is 5.72. The molecule has 2 amide bonds. The Bertz CT molecular complexity index is 723. The average molecular weight is 340 g/mol. The minimum absolute atomic E-state index is 0.197. The van der Waals surface area contributed by atoms with Gasteiger partial charge in [0.2, 0.25) is 6.41 Å². The molecule has 0 saturated carbocycles. The van der Waals surface area contributed by atoms with E-state index in [0.29, 0.717) is 30.1 Å². The number of aromatic nitrogens is 1. The molecular formula is C18H20N4O3. The standard InChI is InChI=1S/C18H20N4O3/c1-25-16-5-2-14(3-6-16)18(24)20-15-4-7-17(19-12-15)22-10-8-21(13-23)9-11-22/h2-7,12-13H,8-11H2,1H3,(H,20,24).